The van der Waals surface area contributed by atoms with Gasteiger partial charge in [-0.05, 0) is 32.9 Å². The van der Waals surface area contributed by atoms with Crippen molar-refractivity contribution in [2.75, 3.05) is 5.32 Å². The number of hydrogen-bond donors (Lipinski definition) is 1. The SMILES string of the molecule is CC(C)C(=O)c1ncc(-c2cccnc2)cc1NC(=O)OC(C)(C)C. The van der Waals surface area contributed by atoms with Gasteiger partial charge in [-0.3, -0.25) is 20.1 Å². The summed E-state index contributed by atoms with van der Waals surface area (Å²) < 4.78 is 5.28. The molecule has 0 bridgehead atoms. The van der Waals surface area contributed by atoms with Crippen molar-refractivity contribution in [2.24, 2.45) is 5.92 Å². The number of hydrogen-bond acceptors (Lipinski definition) is 5. The molecule has 6 heteroatoms. The van der Waals surface area contributed by atoms with Crippen LogP contribution in [0.25, 0.3) is 11.1 Å². The van der Waals surface area contributed by atoms with Crippen LogP contribution >= 0.6 is 0 Å². The fraction of sp³-hybridized carbons (Fsp3) is 0.368. The standard InChI is InChI=1S/C19H23N3O3/c1-12(2)17(23)16-15(22-18(24)25-19(3,4)5)9-14(11-21-16)13-7-6-8-20-10-13/h6-12H,1-5H3,(H,22,24). The average Bonchev–Trinajstić information content (AvgIpc) is 2.53. The van der Waals surface area contributed by atoms with Gasteiger partial charge in [0.15, 0.2) is 5.78 Å². The number of anilines is 1. The molecule has 132 valence electrons. The lowest BCUT2D eigenvalue weighted by Crippen LogP contribution is -2.28. The van der Waals surface area contributed by atoms with Gasteiger partial charge in [-0.25, -0.2) is 4.79 Å². The van der Waals surface area contributed by atoms with Crippen molar-refractivity contribution in [3.63, 3.8) is 0 Å². The number of ketones is 1. The maximum Gasteiger partial charge on any atom is 0.412 e. The van der Waals surface area contributed by atoms with E-state index in [0.29, 0.717) is 5.69 Å². The van der Waals surface area contributed by atoms with E-state index in [1.54, 1.807) is 59.3 Å². The Balaban J connectivity index is 2.41. The molecule has 0 fully saturated rings. The van der Waals surface area contributed by atoms with Crippen LogP contribution in [-0.4, -0.2) is 27.4 Å². The molecule has 0 aromatic carbocycles. The molecule has 0 radical (unpaired) electrons. The summed E-state index contributed by atoms with van der Waals surface area (Å²) in [5.41, 5.74) is 1.49. The van der Waals surface area contributed by atoms with E-state index in [0.717, 1.165) is 11.1 Å². The first-order chi connectivity index (χ1) is 11.7. The highest BCUT2D eigenvalue weighted by Gasteiger charge is 2.22. The Morgan fingerprint density at radius 2 is 1.88 bits per heavy atom. The molecule has 2 aromatic heterocycles. The summed E-state index contributed by atoms with van der Waals surface area (Å²) in [6.45, 7) is 8.90. The second-order valence-corrected chi connectivity index (χ2v) is 7.01. The van der Waals surface area contributed by atoms with Crippen LogP contribution in [0, 0.1) is 5.92 Å². The average molecular weight is 341 g/mol. The van der Waals surface area contributed by atoms with Gasteiger partial charge < -0.3 is 4.74 Å². The predicted octanol–water partition coefficient (Wildman–Crippen LogP) is 4.33. The van der Waals surface area contributed by atoms with Gasteiger partial charge >= 0.3 is 6.09 Å². The van der Waals surface area contributed by atoms with Crippen LogP contribution in [-0.2, 0) is 4.74 Å². The molecule has 0 aliphatic carbocycles. The molecule has 0 aliphatic rings. The van der Waals surface area contributed by atoms with E-state index in [9.17, 15) is 9.59 Å². The van der Waals surface area contributed by atoms with Gasteiger partial charge in [0.2, 0.25) is 0 Å². The van der Waals surface area contributed by atoms with Crippen molar-refractivity contribution in [1.82, 2.24) is 9.97 Å². The summed E-state index contributed by atoms with van der Waals surface area (Å²) in [5, 5.41) is 2.65. The van der Waals surface area contributed by atoms with E-state index in [1.807, 2.05) is 12.1 Å². The van der Waals surface area contributed by atoms with Crippen molar-refractivity contribution < 1.29 is 14.3 Å². The minimum atomic E-state index is -0.638. The molecule has 2 aromatic rings. The molecule has 0 saturated carbocycles. The van der Waals surface area contributed by atoms with Crippen molar-refractivity contribution in [2.45, 2.75) is 40.2 Å². The smallest absolute Gasteiger partial charge is 0.412 e. The van der Waals surface area contributed by atoms with Gasteiger partial charge in [0, 0.05) is 35.6 Å². The molecular weight excluding hydrogens is 318 g/mol. The normalized spacial score (nSPS) is 11.3. The van der Waals surface area contributed by atoms with Crippen molar-refractivity contribution in [1.29, 1.82) is 0 Å². The third-order valence-corrected chi connectivity index (χ3v) is 3.28. The number of carbonyl (C=O) groups excluding carboxylic acids is 2. The lowest BCUT2D eigenvalue weighted by molar-refractivity contribution is 0.0636. The van der Waals surface area contributed by atoms with Crippen molar-refractivity contribution in [3.05, 3.63) is 42.5 Å². The van der Waals surface area contributed by atoms with Gasteiger partial charge in [0.1, 0.15) is 11.3 Å². The first-order valence-corrected chi connectivity index (χ1v) is 8.12. The highest BCUT2D eigenvalue weighted by molar-refractivity contribution is 6.03. The Labute approximate surface area is 147 Å². The third-order valence-electron chi connectivity index (χ3n) is 3.28. The number of nitrogens with zero attached hydrogens (tertiary/aromatic N) is 2. The zero-order valence-corrected chi connectivity index (χ0v) is 15.2. The Kier molecular flexibility index (Phi) is 5.51. The van der Waals surface area contributed by atoms with E-state index in [2.05, 4.69) is 15.3 Å². The molecule has 2 heterocycles. The first-order valence-electron chi connectivity index (χ1n) is 8.12. The molecule has 0 aliphatic heterocycles. The summed E-state index contributed by atoms with van der Waals surface area (Å²) in [4.78, 5) is 32.9. The number of rotatable bonds is 4. The van der Waals surface area contributed by atoms with Crippen LogP contribution in [0.3, 0.4) is 0 Å². The first kappa shape index (κ1) is 18.6. The Bertz CT molecular complexity index is 765. The molecule has 1 amide bonds. The fourth-order valence-electron chi connectivity index (χ4n) is 2.13. The summed E-state index contributed by atoms with van der Waals surface area (Å²) in [5.74, 6) is -0.389. The zero-order valence-electron chi connectivity index (χ0n) is 15.2. The van der Waals surface area contributed by atoms with Crippen LogP contribution in [0.1, 0.15) is 45.1 Å². The summed E-state index contributed by atoms with van der Waals surface area (Å²) >= 11 is 0. The summed E-state index contributed by atoms with van der Waals surface area (Å²) in [6, 6.07) is 5.40. The molecule has 6 nitrogen and oxygen atoms in total. The molecule has 0 unspecified atom stereocenters. The summed E-state index contributed by atoms with van der Waals surface area (Å²) in [6.07, 6.45) is 4.34. The predicted molar refractivity (Wildman–Crippen MR) is 96.5 cm³/mol. The lowest BCUT2D eigenvalue weighted by atomic mass is 10.0. The number of carbonyl (C=O) groups is 2. The second kappa shape index (κ2) is 7.42. The molecule has 25 heavy (non-hydrogen) atoms. The molecule has 0 atom stereocenters. The Morgan fingerprint density at radius 3 is 2.44 bits per heavy atom. The third kappa shape index (κ3) is 5.11. The number of aromatic nitrogens is 2. The maximum absolute atomic E-state index is 12.4. The minimum absolute atomic E-state index is 0.149. The van der Waals surface area contributed by atoms with Gasteiger partial charge in [0.25, 0.3) is 0 Å². The van der Waals surface area contributed by atoms with Crippen LogP contribution in [0.2, 0.25) is 0 Å². The Hall–Kier alpha value is -2.76. The van der Waals surface area contributed by atoms with Crippen molar-refractivity contribution >= 4 is 17.6 Å². The van der Waals surface area contributed by atoms with Crippen LogP contribution < -0.4 is 5.32 Å². The number of pyridine rings is 2. The highest BCUT2D eigenvalue weighted by Crippen LogP contribution is 2.25. The van der Waals surface area contributed by atoms with E-state index < -0.39 is 11.7 Å². The van der Waals surface area contributed by atoms with Crippen LogP contribution in [0.15, 0.2) is 36.8 Å². The second-order valence-electron chi connectivity index (χ2n) is 7.01. The van der Waals surface area contributed by atoms with E-state index in [-0.39, 0.29) is 17.4 Å². The number of ether oxygens (including phenoxy) is 1. The van der Waals surface area contributed by atoms with Crippen molar-refractivity contribution in [3.8, 4) is 11.1 Å². The molecule has 2 rings (SSSR count). The monoisotopic (exact) mass is 341 g/mol. The number of Topliss-reactive ketones (excluding diaryl/α,β-unsaturated/α-hetero) is 1. The molecular formula is C19H23N3O3. The largest absolute Gasteiger partial charge is 0.444 e. The van der Waals surface area contributed by atoms with E-state index in [4.69, 9.17) is 4.74 Å². The van der Waals surface area contributed by atoms with Gasteiger partial charge in [-0.15, -0.1) is 0 Å². The van der Waals surface area contributed by atoms with E-state index >= 15 is 0 Å². The van der Waals surface area contributed by atoms with Gasteiger partial charge in [-0.1, -0.05) is 19.9 Å². The van der Waals surface area contributed by atoms with E-state index in [1.165, 1.54) is 0 Å². The quantitative estimate of drug-likeness (QED) is 0.837. The highest BCUT2D eigenvalue weighted by atomic mass is 16.6. The lowest BCUT2D eigenvalue weighted by Gasteiger charge is -2.20. The van der Waals surface area contributed by atoms with Crippen LogP contribution in [0.5, 0.6) is 0 Å². The minimum Gasteiger partial charge on any atom is -0.444 e. The van der Waals surface area contributed by atoms with Gasteiger partial charge in [-0.2, -0.15) is 0 Å². The summed E-state index contributed by atoms with van der Waals surface area (Å²) in [7, 11) is 0. The molecule has 1 N–H and O–H groups in total. The zero-order chi connectivity index (χ0) is 18.6. The number of nitrogens with one attached hydrogen (secondary N) is 1. The fourth-order valence-corrected chi connectivity index (χ4v) is 2.13. The van der Waals surface area contributed by atoms with Crippen LogP contribution in [0.4, 0.5) is 10.5 Å². The maximum atomic E-state index is 12.4. The Morgan fingerprint density at radius 1 is 1.16 bits per heavy atom. The van der Waals surface area contributed by atoms with Gasteiger partial charge in [0.05, 0.1) is 5.69 Å². The number of amides is 1. The molecule has 0 saturated heterocycles. The topological polar surface area (TPSA) is 81.2 Å². The molecule has 0 spiro atoms.